The van der Waals surface area contributed by atoms with E-state index < -0.39 is 24.7 Å². The zero-order chi connectivity index (χ0) is 12.8. The Balaban J connectivity index is 3.62. The number of hydrogen-bond donors (Lipinski definition) is 0. The van der Waals surface area contributed by atoms with Crippen LogP contribution >= 0.6 is 0 Å². The number of carbonyl (C=O) groups excluding carboxylic acids is 1. The lowest BCUT2D eigenvalue weighted by Crippen LogP contribution is -2.26. The molecular formula is C10H14F4O2. The number of carbonyl (C=O) groups is 1. The van der Waals surface area contributed by atoms with Crippen LogP contribution in [0.5, 0.6) is 0 Å². The SMILES string of the molecule is C=C(C)C(=O)OCCCCC(F)(F)C(F)F. The van der Waals surface area contributed by atoms with Crippen LogP contribution in [0.1, 0.15) is 26.2 Å². The molecule has 0 aliphatic heterocycles. The van der Waals surface area contributed by atoms with Crippen molar-refractivity contribution in [3.05, 3.63) is 12.2 Å². The maximum absolute atomic E-state index is 12.4. The fraction of sp³-hybridized carbons (Fsp3) is 0.700. The highest BCUT2D eigenvalue weighted by atomic mass is 19.3. The van der Waals surface area contributed by atoms with E-state index in [1.807, 2.05) is 0 Å². The molecule has 0 aromatic carbocycles. The van der Waals surface area contributed by atoms with Gasteiger partial charge in [-0.1, -0.05) is 6.58 Å². The number of alkyl halides is 4. The molecule has 0 radical (unpaired) electrons. The molecule has 0 aromatic heterocycles. The molecule has 0 atom stereocenters. The lowest BCUT2D eigenvalue weighted by molar-refractivity contribution is -0.140. The highest BCUT2D eigenvalue weighted by Gasteiger charge is 2.39. The van der Waals surface area contributed by atoms with Crippen molar-refractivity contribution in [2.45, 2.75) is 38.5 Å². The summed E-state index contributed by atoms with van der Waals surface area (Å²) in [6, 6.07) is 0. The predicted octanol–water partition coefficient (Wildman–Crippen LogP) is 3.18. The molecule has 6 heteroatoms. The first-order valence-corrected chi connectivity index (χ1v) is 4.76. The van der Waals surface area contributed by atoms with Crippen LogP contribution in [0.2, 0.25) is 0 Å². The summed E-state index contributed by atoms with van der Waals surface area (Å²) in [5.41, 5.74) is 0.206. The van der Waals surface area contributed by atoms with Gasteiger partial charge in [0.15, 0.2) is 0 Å². The van der Waals surface area contributed by atoms with E-state index in [2.05, 4.69) is 11.3 Å². The summed E-state index contributed by atoms with van der Waals surface area (Å²) in [4.78, 5) is 10.8. The lowest BCUT2D eigenvalue weighted by Gasteiger charge is -2.14. The maximum atomic E-state index is 12.4. The molecule has 0 bridgehead atoms. The Morgan fingerprint density at radius 3 is 2.38 bits per heavy atom. The summed E-state index contributed by atoms with van der Waals surface area (Å²) in [7, 11) is 0. The third-order valence-corrected chi connectivity index (χ3v) is 1.81. The summed E-state index contributed by atoms with van der Waals surface area (Å²) in [6.45, 7) is 4.71. The molecular weight excluding hydrogens is 228 g/mol. The second-order valence-electron chi connectivity index (χ2n) is 3.44. The number of hydrogen-bond acceptors (Lipinski definition) is 2. The van der Waals surface area contributed by atoms with E-state index in [1.165, 1.54) is 6.92 Å². The smallest absolute Gasteiger partial charge is 0.333 e. The zero-order valence-electron chi connectivity index (χ0n) is 8.94. The highest BCUT2D eigenvalue weighted by Crippen LogP contribution is 2.28. The number of unbranched alkanes of at least 4 members (excludes halogenated alkanes) is 1. The van der Waals surface area contributed by atoms with E-state index >= 15 is 0 Å². The third-order valence-electron chi connectivity index (χ3n) is 1.81. The summed E-state index contributed by atoms with van der Waals surface area (Å²) in [6.07, 6.45) is -4.55. The Bertz CT molecular complexity index is 251. The summed E-state index contributed by atoms with van der Waals surface area (Å²) in [5, 5.41) is 0. The van der Waals surface area contributed by atoms with E-state index in [0.29, 0.717) is 0 Å². The molecule has 0 aliphatic rings. The van der Waals surface area contributed by atoms with E-state index in [0.717, 1.165) is 0 Å². The first kappa shape index (κ1) is 14.9. The molecule has 0 spiro atoms. The Hall–Kier alpha value is -1.07. The Morgan fingerprint density at radius 2 is 1.94 bits per heavy atom. The van der Waals surface area contributed by atoms with Crippen molar-refractivity contribution in [3.8, 4) is 0 Å². The molecule has 0 unspecified atom stereocenters. The summed E-state index contributed by atoms with van der Waals surface area (Å²) in [5.74, 6) is -4.57. The van der Waals surface area contributed by atoms with Crippen LogP contribution in [0.3, 0.4) is 0 Å². The maximum Gasteiger partial charge on any atom is 0.333 e. The van der Waals surface area contributed by atoms with Crippen molar-refractivity contribution in [1.82, 2.24) is 0 Å². The van der Waals surface area contributed by atoms with Gasteiger partial charge in [0.1, 0.15) is 0 Å². The van der Waals surface area contributed by atoms with Gasteiger partial charge >= 0.3 is 18.3 Å². The quantitative estimate of drug-likeness (QED) is 0.296. The molecule has 0 aromatic rings. The van der Waals surface area contributed by atoms with Crippen molar-refractivity contribution < 1.29 is 27.1 Å². The van der Waals surface area contributed by atoms with Crippen LogP contribution in [0, 0.1) is 0 Å². The van der Waals surface area contributed by atoms with Crippen molar-refractivity contribution in [2.75, 3.05) is 6.61 Å². The lowest BCUT2D eigenvalue weighted by atomic mass is 10.1. The molecule has 2 nitrogen and oxygen atoms in total. The molecule has 0 rings (SSSR count). The van der Waals surface area contributed by atoms with E-state index in [9.17, 15) is 22.4 Å². The van der Waals surface area contributed by atoms with Gasteiger partial charge in [0, 0.05) is 12.0 Å². The average molecular weight is 242 g/mol. The second-order valence-corrected chi connectivity index (χ2v) is 3.44. The average Bonchev–Trinajstić information content (AvgIpc) is 2.16. The van der Waals surface area contributed by atoms with Crippen molar-refractivity contribution in [1.29, 1.82) is 0 Å². The standard InChI is InChI=1S/C10H14F4O2/c1-7(2)8(15)16-6-4-3-5-10(13,14)9(11)12/h9H,1,3-6H2,2H3. The van der Waals surface area contributed by atoms with Crippen LogP contribution in [0.4, 0.5) is 17.6 Å². The molecule has 0 N–H and O–H groups in total. The van der Waals surface area contributed by atoms with Crippen LogP contribution < -0.4 is 0 Å². The third kappa shape index (κ3) is 5.72. The number of ether oxygens (including phenoxy) is 1. The van der Waals surface area contributed by atoms with Crippen LogP contribution in [-0.4, -0.2) is 24.9 Å². The number of rotatable bonds is 7. The second kappa shape index (κ2) is 6.50. The first-order valence-electron chi connectivity index (χ1n) is 4.76. The topological polar surface area (TPSA) is 26.3 Å². The zero-order valence-corrected chi connectivity index (χ0v) is 8.94. The van der Waals surface area contributed by atoms with Gasteiger partial charge in [0.25, 0.3) is 0 Å². The van der Waals surface area contributed by atoms with Gasteiger partial charge in [-0.2, -0.15) is 0 Å². The van der Waals surface area contributed by atoms with Gasteiger partial charge in [-0.3, -0.25) is 0 Å². The molecule has 0 saturated carbocycles. The Labute approximate surface area is 91.3 Å². The van der Waals surface area contributed by atoms with Gasteiger partial charge in [0.2, 0.25) is 0 Å². The van der Waals surface area contributed by atoms with Crippen LogP contribution in [-0.2, 0) is 9.53 Å². The molecule has 94 valence electrons. The minimum Gasteiger partial charge on any atom is -0.462 e. The number of halogens is 4. The predicted molar refractivity (Wildman–Crippen MR) is 50.6 cm³/mol. The van der Waals surface area contributed by atoms with E-state index in [1.54, 1.807) is 0 Å². The van der Waals surface area contributed by atoms with Crippen molar-refractivity contribution >= 4 is 5.97 Å². The fourth-order valence-electron chi connectivity index (χ4n) is 0.860. The summed E-state index contributed by atoms with van der Waals surface area (Å²) >= 11 is 0. The molecule has 0 aliphatic carbocycles. The van der Waals surface area contributed by atoms with E-state index in [4.69, 9.17) is 0 Å². The largest absolute Gasteiger partial charge is 0.462 e. The first-order chi connectivity index (χ1) is 7.27. The highest BCUT2D eigenvalue weighted by molar-refractivity contribution is 5.86. The molecule has 0 fully saturated rings. The molecule has 0 saturated heterocycles. The van der Waals surface area contributed by atoms with Crippen LogP contribution in [0.15, 0.2) is 12.2 Å². The monoisotopic (exact) mass is 242 g/mol. The number of esters is 1. The fourth-order valence-corrected chi connectivity index (χ4v) is 0.860. The van der Waals surface area contributed by atoms with E-state index in [-0.39, 0.29) is 25.0 Å². The Kier molecular flexibility index (Phi) is 6.06. The van der Waals surface area contributed by atoms with Gasteiger partial charge in [0.05, 0.1) is 6.61 Å². The molecule has 0 amide bonds. The summed E-state index contributed by atoms with van der Waals surface area (Å²) < 4.78 is 52.8. The minimum atomic E-state index is -3.96. The van der Waals surface area contributed by atoms with Gasteiger partial charge in [-0.15, -0.1) is 0 Å². The van der Waals surface area contributed by atoms with Crippen molar-refractivity contribution in [2.24, 2.45) is 0 Å². The van der Waals surface area contributed by atoms with Gasteiger partial charge in [-0.25, -0.2) is 22.4 Å². The minimum absolute atomic E-state index is 0.0645. The van der Waals surface area contributed by atoms with Gasteiger partial charge in [-0.05, 0) is 19.8 Å². The van der Waals surface area contributed by atoms with Crippen LogP contribution in [0.25, 0.3) is 0 Å². The van der Waals surface area contributed by atoms with Gasteiger partial charge < -0.3 is 4.74 Å². The normalized spacial score (nSPS) is 11.6. The van der Waals surface area contributed by atoms with Crippen molar-refractivity contribution in [3.63, 3.8) is 0 Å². The molecule has 0 heterocycles. The molecule has 16 heavy (non-hydrogen) atoms. The Morgan fingerprint density at radius 1 is 1.38 bits per heavy atom.